The molecule has 1 N–H and O–H groups in total. The monoisotopic (exact) mass is 463 g/mol. The van der Waals surface area contributed by atoms with E-state index >= 15 is 0 Å². The number of halogens is 1. The molecule has 0 spiro atoms. The number of nitrogens with one attached hydrogen (secondary N) is 1. The summed E-state index contributed by atoms with van der Waals surface area (Å²) in [7, 11) is 1.88. The summed E-state index contributed by atoms with van der Waals surface area (Å²) in [6, 6.07) is 0. The minimum atomic E-state index is 0. The van der Waals surface area contributed by atoms with Gasteiger partial charge in [0.25, 0.3) is 0 Å². The molecule has 1 aromatic heterocycles. The number of aliphatic imine (C=N–C) groups is 1. The maximum atomic E-state index is 4.79. The van der Waals surface area contributed by atoms with Crippen LogP contribution in [0.3, 0.4) is 0 Å². The molecule has 0 atom stereocenters. The average Bonchev–Trinajstić information content (AvgIpc) is 3.23. The van der Waals surface area contributed by atoms with Gasteiger partial charge in [-0.3, -0.25) is 4.99 Å². The van der Waals surface area contributed by atoms with Crippen molar-refractivity contribution >= 4 is 46.4 Å². The highest BCUT2D eigenvalue weighted by Crippen LogP contribution is 2.28. The van der Waals surface area contributed by atoms with Crippen LogP contribution in [-0.2, 0) is 6.42 Å². The SMILES string of the molecule is CN=C(NCCc1csc(N2CCCC2)n1)N1CCC(C)(C)C1.I. The lowest BCUT2D eigenvalue weighted by Gasteiger charge is -2.23. The summed E-state index contributed by atoms with van der Waals surface area (Å²) in [5, 5.41) is 6.91. The number of nitrogens with zero attached hydrogens (tertiary/aromatic N) is 4. The van der Waals surface area contributed by atoms with Crippen LogP contribution in [0.25, 0.3) is 0 Å². The summed E-state index contributed by atoms with van der Waals surface area (Å²) in [6.07, 6.45) is 4.80. The standard InChI is InChI=1S/C17H29N5S.HI/c1-17(2)7-11-22(13-17)15(18-3)19-8-6-14-12-23-16(20-14)21-9-4-5-10-21;/h12H,4-11,13H2,1-3H3,(H,18,19);1H. The second-order valence-corrected chi connectivity index (χ2v) is 8.21. The number of likely N-dealkylation sites (tertiary alicyclic amines) is 1. The number of aromatic nitrogens is 1. The molecule has 0 bridgehead atoms. The van der Waals surface area contributed by atoms with Gasteiger partial charge in [0.1, 0.15) is 0 Å². The van der Waals surface area contributed by atoms with Gasteiger partial charge in [-0.2, -0.15) is 0 Å². The topological polar surface area (TPSA) is 43.8 Å². The van der Waals surface area contributed by atoms with Crippen LogP contribution in [0.15, 0.2) is 10.4 Å². The Hall–Kier alpha value is -0.570. The van der Waals surface area contributed by atoms with Crippen LogP contribution in [0.1, 0.15) is 38.8 Å². The molecule has 7 heteroatoms. The normalized spacial score (nSPS) is 20.4. The third-order valence-corrected chi connectivity index (χ3v) is 5.72. The number of rotatable bonds is 4. The number of hydrogen-bond acceptors (Lipinski definition) is 4. The molecule has 0 amide bonds. The second kappa shape index (κ2) is 8.69. The van der Waals surface area contributed by atoms with Crippen molar-refractivity contribution in [3.8, 4) is 0 Å². The van der Waals surface area contributed by atoms with E-state index in [0.717, 1.165) is 32.0 Å². The van der Waals surface area contributed by atoms with Gasteiger partial charge in [-0.15, -0.1) is 35.3 Å². The van der Waals surface area contributed by atoms with Gasteiger partial charge >= 0.3 is 0 Å². The highest BCUT2D eigenvalue weighted by atomic mass is 127. The fourth-order valence-electron chi connectivity index (χ4n) is 3.39. The molecule has 5 nitrogen and oxygen atoms in total. The maximum Gasteiger partial charge on any atom is 0.193 e. The highest BCUT2D eigenvalue weighted by molar-refractivity contribution is 14.0. The summed E-state index contributed by atoms with van der Waals surface area (Å²) in [5.74, 6) is 1.03. The van der Waals surface area contributed by atoms with Gasteiger partial charge in [-0.1, -0.05) is 13.8 Å². The van der Waals surface area contributed by atoms with Crippen molar-refractivity contribution in [3.63, 3.8) is 0 Å². The van der Waals surface area contributed by atoms with E-state index in [9.17, 15) is 0 Å². The second-order valence-electron chi connectivity index (χ2n) is 7.38. The molecular weight excluding hydrogens is 433 g/mol. The Morgan fingerprint density at radius 3 is 2.71 bits per heavy atom. The van der Waals surface area contributed by atoms with Crippen molar-refractivity contribution < 1.29 is 0 Å². The lowest BCUT2D eigenvalue weighted by Crippen LogP contribution is -2.41. The van der Waals surface area contributed by atoms with Crippen LogP contribution in [-0.4, -0.2) is 55.6 Å². The lowest BCUT2D eigenvalue weighted by molar-refractivity contribution is 0.370. The Morgan fingerprint density at radius 1 is 1.33 bits per heavy atom. The zero-order chi connectivity index (χ0) is 16.3. The molecule has 0 radical (unpaired) electrons. The first-order valence-electron chi connectivity index (χ1n) is 8.72. The predicted octanol–water partition coefficient (Wildman–Crippen LogP) is 3.21. The van der Waals surface area contributed by atoms with Crippen molar-refractivity contribution in [1.82, 2.24) is 15.2 Å². The molecule has 2 fully saturated rings. The Kier molecular flexibility index (Phi) is 7.15. The predicted molar refractivity (Wildman–Crippen MR) is 114 cm³/mol. The van der Waals surface area contributed by atoms with Crippen LogP contribution in [0.4, 0.5) is 5.13 Å². The van der Waals surface area contributed by atoms with E-state index in [1.807, 2.05) is 7.05 Å². The third-order valence-electron chi connectivity index (χ3n) is 4.77. The number of anilines is 1. The molecule has 0 aromatic carbocycles. The fraction of sp³-hybridized carbons (Fsp3) is 0.765. The van der Waals surface area contributed by atoms with Gasteiger partial charge in [-0.25, -0.2) is 4.98 Å². The first kappa shape index (κ1) is 19.8. The van der Waals surface area contributed by atoms with Crippen LogP contribution < -0.4 is 10.2 Å². The summed E-state index contributed by atoms with van der Waals surface area (Å²) in [6.45, 7) is 10.1. The summed E-state index contributed by atoms with van der Waals surface area (Å²) in [4.78, 5) is 14.0. The van der Waals surface area contributed by atoms with Gasteiger partial charge in [0.2, 0.25) is 0 Å². The summed E-state index contributed by atoms with van der Waals surface area (Å²) >= 11 is 1.78. The van der Waals surface area contributed by atoms with Crippen molar-refractivity contribution in [2.75, 3.05) is 44.7 Å². The highest BCUT2D eigenvalue weighted by Gasteiger charge is 2.30. The number of guanidine groups is 1. The Bertz CT molecular complexity index is 551. The van der Waals surface area contributed by atoms with Crippen molar-refractivity contribution in [2.45, 2.75) is 39.5 Å². The van der Waals surface area contributed by atoms with Crippen LogP contribution >= 0.6 is 35.3 Å². The van der Waals surface area contributed by atoms with E-state index in [0.29, 0.717) is 5.41 Å². The van der Waals surface area contributed by atoms with Gasteiger partial charge < -0.3 is 15.1 Å². The molecule has 2 aliphatic heterocycles. The molecule has 0 unspecified atom stereocenters. The van der Waals surface area contributed by atoms with E-state index in [2.05, 4.69) is 39.3 Å². The van der Waals surface area contributed by atoms with E-state index in [4.69, 9.17) is 4.98 Å². The first-order valence-corrected chi connectivity index (χ1v) is 9.60. The average molecular weight is 463 g/mol. The van der Waals surface area contributed by atoms with Gasteiger partial charge in [0.05, 0.1) is 5.69 Å². The van der Waals surface area contributed by atoms with Crippen molar-refractivity contribution in [3.05, 3.63) is 11.1 Å². The molecule has 1 aromatic rings. The fourth-order valence-corrected chi connectivity index (χ4v) is 4.31. The number of hydrogen-bond donors (Lipinski definition) is 1. The van der Waals surface area contributed by atoms with Crippen LogP contribution in [0, 0.1) is 5.41 Å². The Labute approximate surface area is 166 Å². The molecule has 136 valence electrons. The van der Waals surface area contributed by atoms with E-state index < -0.39 is 0 Å². The molecule has 2 saturated heterocycles. The lowest BCUT2D eigenvalue weighted by atomic mass is 9.93. The zero-order valence-electron chi connectivity index (χ0n) is 15.0. The van der Waals surface area contributed by atoms with Gasteiger partial charge in [-0.05, 0) is 24.7 Å². The van der Waals surface area contributed by atoms with E-state index in [-0.39, 0.29) is 24.0 Å². The Balaban J connectivity index is 0.00000208. The van der Waals surface area contributed by atoms with Crippen molar-refractivity contribution in [2.24, 2.45) is 10.4 Å². The maximum absolute atomic E-state index is 4.79. The molecular formula is C17H30IN5S. The van der Waals surface area contributed by atoms with Crippen molar-refractivity contribution in [1.29, 1.82) is 0 Å². The van der Waals surface area contributed by atoms with Crippen LogP contribution in [0.5, 0.6) is 0 Å². The summed E-state index contributed by atoms with van der Waals surface area (Å²) in [5.41, 5.74) is 1.60. The molecule has 3 heterocycles. The Morgan fingerprint density at radius 2 is 2.08 bits per heavy atom. The smallest absolute Gasteiger partial charge is 0.193 e. The third kappa shape index (κ3) is 4.97. The molecule has 0 aliphatic carbocycles. The zero-order valence-corrected chi connectivity index (χ0v) is 18.2. The molecule has 3 rings (SSSR count). The summed E-state index contributed by atoms with van der Waals surface area (Å²) < 4.78 is 0. The molecule has 24 heavy (non-hydrogen) atoms. The van der Waals surface area contributed by atoms with E-state index in [1.54, 1.807) is 11.3 Å². The minimum Gasteiger partial charge on any atom is -0.356 e. The number of thiazole rings is 1. The van der Waals surface area contributed by atoms with E-state index in [1.165, 1.54) is 43.2 Å². The first-order chi connectivity index (χ1) is 11.1. The van der Waals surface area contributed by atoms with Gasteiger partial charge in [0.15, 0.2) is 11.1 Å². The van der Waals surface area contributed by atoms with Crippen LogP contribution in [0.2, 0.25) is 0 Å². The van der Waals surface area contributed by atoms with Gasteiger partial charge in [0, 0.05) is 51.6 Å². The molecule has 0 saturated carbocycles. The molecule has 2 aliphatic rings. The largest absolute Gasteiger partial charge is 0.356 e. The minimum absolute atomic E-state index is 0. The quantitative estimate of drug-likeness (QED) is 0.423.